The first-order valence-corrected chi connectivity index (χ1v) is 7.18. The van der Waals surface area contributed by atoms with Gasteiger partial charge in [-0.25, -0.2) is 9.50 Å². The Morgan fingerprint density at radius 3 is 2.81 bits per heavy atom. The molecule has 0 spiro atoms. The fraction of sp³-hybridized carbons (Fsp3) is 0.533. The highest BCUT2D eigenvalue weighted by atomic mass is 16.5. The number of fused-ring (bicyclic) bond motifs is 1. The van der Waals surface area contributed by atoms with Crippen LogP contribution in [0.2, 0.25) is 0 Å². The van der Waals surface area contributed by atoms with Crippen LogP contribution < -0.4 is 5.32 Å². The SMILES string of the molecule is CCOC(=O)C(C)NC(C)c1cnc2cc(C)nn2c1C. The van der Waals surface area contributed by atoms with E-state index in [1.807, 2.05) is 37.5 Å². The maximum atomic E-state index is 11.7. The number of hydrogen-bond donors (Lipinski definition) is 1. The summed E-state index contributed by atoms with van der Waals surface area (Å²) in [7, 11) is 0. The number of carbonyl (C=O) groups excluding carboxylic acids is 1. The Bertz CT molecular complexity index is 650. The van der Waals surface area contributed by atoms with Crippen molar-refractivity contribution in [3.63, 3.8) is 0 Å². The molecular weight excluding hydrogens is 268 g/mol. The van der Waals surface area contributed by atoms with Gasteiger partial charge in [-0.1, -0.05) is 0 Å². The van der Waals surface area contributed by atoms with Crippen LogP contribution in [0.5, 0.6) is 0 Å². The van der Waals surface area contributed by atoms with Crippen LogP contribution in [0, 0.1) is 13.8 Å². The third-order valence-corrected chi connectivity index (χ3v) is 3.49. The second-order valence-electron chi connectivity index (χ2n) is 5.22. The van der Waals surface area contributed by atoms with Crippen molar-refractivity contribution in [1.29, 1.82) is 0 Å². The molecule has 114 valence electrons. The molecule has 0 bridgehead atoms. The van der Waals surface area contributed by atoms with Gasteiger partial charge in [0.05, 0.1) is 12.3 Å². The van der Waals surface area contributed by atoms with E-state index in [2.05, 4.69) is 15.4 Å². The zero-order chi connectivity index (χ0) is 15.6. The Labute approximate surface area is 124 Å². The average Bonchev–Trinajstić information content (AvgIpc) is 2.80. The molecule has 0 aliphatic heterocycles. The van der Waals surface area contributed by atoms with Crippen LogP contribution in [0.15, 0.2) is 12.3 Å². The first-order chi connectivity index (χ1) is 9.93. The van der Waals surface area contributed by atoms with E-state index in [4.69, 9.17) is 4.74 Å². The summed E-state index contributed by atoms with van der Waals surface area (Å²) in [6.07, 6.45) is 1.83. The van der Waals surface area contributed by atoms with E-state index in [-0.39, 0.29) is 18.1 Å². The molecule has 2 unspecified atom stereocenters. The van der Waals surface area contributed by atoms with Gasteiger partial charge in [0, 0.05) is 29.6 Å². The van der Waals surface area contributed by atoms with Crippen LogP contribution in [-0.2, 0) is 9.53 Å². The van der Waals surface area contributed by atoms with Gasteiger partial charge in [-0.05, 0) is 34.6 Å². The van der Waals surface area contributed by atoms with Gasteiger partial charge in [-0.15, -0.1) is 0 Å². The summed E-state index contributed by atoms with van der Waals surface area (Å²) >= 11 is 0. The van der Waals surface area contributed by atoms with E-state index in [0.29, 0.717) is 6.61 Å². The van der Waals surface area contributed by atoms with E-state index in [9.17, 15) is 4.79 Å². The Hall–Kier alpha value is -1.95. The van der Waals surface area contributed by atoms with Crippen LogP contribution >= 0.6 is 0 Å². The summed E-state index contributed by atoms with van der Waals surface area (Å²) in [4.78, 5) is 16.1. The van der Waals surface area contributed by atoms with Gasteiger partial charge in [0.2, 0.25) is 0 Å². The lowest BCUT2D eigenvalue weighted by atomic mass is 10.1. The van der Waals surface area contributed by atoms with Gasteiger partial charge < -0.3 is 4.74 Å². The van der Waals surface area contributed by atoms with Crippen LogP contribution in [-0.4, -0.2) is 33.2 Å². The number of aryl methyl sites for hydroxylation is 2. The summed E-state index contributed by atoms with van der Waals surface area (Å²) < 4.78 is 6.84. The summed E-state index contributed by atoms with van der Waals surface area (Å²) in [6.45, 7) is 9.94. The number of carbonyl (C=O) groups is 1. The second-order valence-corrected chi connectivity index (χ2v) is 5.22. The van der Waals surface area contributed by atoms with Crippen molar-refractivity contribution in [3.8, 4) is 0 Å². The molecule has 0 radical (unpaired) electrons. The van der Waals surface area contributed by atoms with Crippen molar-refractivity contribution in [2.24, 2.45) is 0 Å². The van der Waals surface area contributed by atoms with E-state index in [1.165, 1.54) is 0 Å². The fourth-order valence-corrected chi connectivity index (χ4v) is 2.40. The highest BCUT2D eigenvalue weighted by Gasteiger charge is 2.19. The maximum Gasteiger partial charge on any atom is 0.322 e. The molecule has 0 saturated heterocycles. The van der Waals surface area contributed by atoms with Crippen LogP contribution in [0.3, 0.4) is 0 Å². The summed E-state index contributed by atoms with van der Waals surface area (Å²) in [5.41, 5.74) is 3.80. The highest BCUT2D eigenvalue weighted by Crippen LogP contribution is 2.18. The van der Waals surface area contributed by atoms with E-state index >= 15 is 0 Å². The second kappa shape index (κ2) is 6.22. The molecule has 1 N–H and O–H groups in total. The van der Waals surface area contributed by atoms with Crippen molar-refractivity contribution in [1.82, 2.24) is 19.9 Å². The molecule has 0 amide bonds. The third kappa shape index (κ3) is 3.21. The minimum Gasteiger partial charge on any atom is -0.465 e. The number of nitrogens with zero attached hydrogens (tertiary/aromatic N) is 3. The molecule has 0 aliphatic carbocycles. The van der Waals surface area contributed by atoms with Gasteiger partial charge in [0.1, 0.15) is 6.04 Å². The smallest absolute Gasteiger partial charge is 0.322 e. The minimum absolute atomic E-state index is 0.0224. The first-order valence-electron chi connectivity index (χ1n) is 7.18. The average molecular weight is 290 g/mol. The van der Waals surface area contributed by atoms with Gasteiger partial charge in [0.25, 0.3) is 0 Å². The van der Waals surface area contributed by atoms with E-state index in [0.717, 1.165) is 22.6 Å². The lowest BCUT2D eigenvalue weighted by molar-refractivity contribution is -0.145. The monoisotopic (exact) mass is 290 g/mol. The Balaban J connectivity index is 2.21. The van der Waals surface area contributed by atoms with Crippen molar-refractivity contribution < 1.29 is 9.53 Å². The lowest BCUT2D eigenvalue weighted by Crippen LogP contribution is -2.37. The summed E-state index contributed by atoms with van der Waals surface area (Å²) in [5.74, 6) is -0.244. The number of nitrogens with one attached hydrogen (secondary N) is 1. The molecule has 0 aliphatic rings. The zero-order valence-electron chi connectivity index (χ0n) is 13.2. The Kier molecular flexibility index (Phi) is 4.57. The summed E-state index contributed by atoms with van der Waals surface area (Å²) in [6, 6.07) is 1.55. The topological polar surface area (TPSA) is 68.5 Å². The standard InChI is InChI=1S/C15H22N4O2/c1-6-21-15(20)11(4)17-10(3)13-8-16-14-7-9(2)18-19(14)12(13)5/h7-8,10-11,17H,6H2,1-5H3. The molecule has 2 rings (SSSR count). The van der Waals surface area contributed by atoms with Crippen molar-refractivity contribution >= 4 is 11.6 Å². The molecule has 2 aromatic rings. The Morgan fingerprint density at radius 2 is 2.14 bits per heavy atom. The summed E-state index contributed by atoms with van der Waals surface area (Å²) in [5, 5.41) is 7.67. The van der Waals surface area contributed by atoms with Gasteiger partial charge >= 0.3 is 5.97 Å². The molecule has 6 heteroatoms. The normalized spacial score (nSPS) is 14.1. The number of rotatable bonds is 5. The number of esters is 1. The van der Waals surface area contributed by atoms with E-state index in [1.54, 1.807) is 13.8 Å². The van der Waals surface area contributed by atoms with Crippen LogP contribution in [0.4, 0.5) is 0 Å². The predicted molar refractivity (Wildman–Crippen MR) is 80.1 cm³/mol. The number of aromatic nitrogens is 3. The molecule has 0 fully saturated rings. The molecule has 2 heterocycles. The zero-order valence-corrected chi connectivity index (χ0v) is 13.2. The van der Waals surface area contributed by atoms with Gasteiger partial charge in [-0.3, -0.25) is 10.1 Å². The molecule has 21 heavy (non-hydrogen) atoms. The maximum absolute atomic E-state index is 11.7. The Morgan fingerprint density at radius 1 is 1.43 bits per heavy atom. The van der Waals surface area contributed by atoms with Gasteiger partial charge in [-0.2, -0.15) is 5.10 Å². The highest BCUT2D eigenvalue weighted by molar-refractivity contribution is 5.75. The number of hydrogen-bond acceptors (Lipinski definition) is 5. The largest absolute Gasteiger partial charge is 0.465 e. The molecule has 2 aromatic heterocycles. The third-order valence-electron chi connectivity index (χ3n) is 3.49. The predicted octanol–water partition coefficient (Wildman–Crippen LogP) is 1.95. The molecule has 0 aromatic carbocycles. The van der Waals surface area contributed by atoms with Crippen molar-refractivity contribution in [2.75, 3.05) is 6.61 Å². The number of ether oxygens (including phenoxy) is 1. The quantitative estimate of drug-likeness (QED) is 0.852. The molecular formula is C15H22N4O2. The first kappa shape index (κ1) is 15.4. The molecule has 6 nitrogen and oxygen atoms in total. The minimum atomic E-state index is -0.366. The van der Waals surface area contributed by atoms with E-state index < -0.39 is 0 Å². The lowest BCUT2D eigenvalue weighted by Gasteiger charge is -2.20. The molecule has 0 saturated carbocycles. The fourth-order valence-electron chi connectivity index (χ4n) is 2.40. The van der Waals surface area contributed by atoms with Crippen LogP contribution in [0.25, 0.3) is 5.65 Å². The van der Waals surface area contributed by atoms with Crippen LogP contribution in [0.1, 0.15) is 43.8 Å². The van der Waals surface area contributed by atoms with Crippen molar-refractivity contribution in [2.45, 2.75) is 46.7 Å². The molecule has 2 atom stereocenters. The van der Waals surface area contributed by atoms with Gasteiger partial charge in [0.15, 0.2) is 5.65 Å². The van der Waals surface area contributed by atoms with Crippen molar-refractivity contribution in [3.05, 3.63) is 29.2 Å².